The number of morpholine rings is 1. The molecule has 7 nitrogen and oxygen atoms in total. The lowest BCUT2D eigenvalue weighted by atomic mass is 10.1. The van der Waals surface area contributed by atoms with E-state index in [4.69, 9.17) is 14.2 Å². The van der Waals surface area contributed by atoms with Crippen molar-refractivity contribution in [3.05, 3.63) is 89.5 Å². The van der Waals surface area contributed by atoms with Gasteiger partial charge in [-0.15, -0.1) is 0 Å². The average molecular weight is 461 g/mol. The van der Waals surface area contributed by atoms with E-state index in [0.29, 0.717) is 55.5 Å². The van der Waals surface area contributed by atoms with E-state index < -0.39 is 5.97 Å². The molecule has 4 rings (SSSR count). The fraction of sp³-hybridized carbons (Fsp3) is 0.259. The molecule has 3 aromatic carbocycles. The number of carbonyl (C=O) groups excluding carboxylic acids is 2. The van der Waals surface area contributed by atoms with Crippen LogP contribution in [0.3, 0.4) is 0 Å². The maximum absolute atomic E-state index is 13.2. The van der Waals surface area contributed by atoms with Gasteiger partial charge in [-0.1, -0.05) is 36.4 Å². The zero-order valence-corrected chi connectivity index (χ0v) is 19.2. The summed E-state index contributed by atoms with van der Waals surface area (Å²) in [6.45, 7) is 5.06. The number of carbonyl (C=O) groups is 2. The SMILES string of the molecule is CCOC(=O)c1ccc(N2CCOCC2)c(NC(=O)c2cccc(OCc3ccccc3)c2)c1. The van der Waals surface area contributed by atoms with E-state index in [1.54, 1.807) is 37.3 Å². The molecule has 7 heteroatoms. The molecule has 0 radical (unpaired) electrons. The average Bonchev–Trinajstić information content (AvgIpc) is 2.89. The summed E-state index contributed by atoms with van der Waals surface area (Å²) < 4.78 is 16.5. The van der Waals surface area contributed by atoms with E-state index in [1.165, 1.54) is 0 Å². The van der Waals surface area contributed by atoms with Crippen molar-refractivity contribution in [1.29, 1.82) is 0 Å². The zero-order chi connectivity index (χ0) is 23.8. The monoisotopic (exact) mass is 460 g/mol. The Bertz CT molecular complexity index is 1130. The molecule has 1 heterocycles. The predicted molar refractivity (Wildman–Crippen MR) is 131 cm³/mol. The third kappa shape index (κ3) is 5.94. The van der Waals surface area contributed by atoms with Crippen LogP contribution < -0.4 is 15.0 Å². The Labute approximate surface area is 199 Å². The lowest BCUT2D eigenvalue weighted by Gasteiger charge is -2.30. The van der Waals surface area contributed by atoms with E-state index in [2.05, 4.69) is 10.2 Å². The Hall–Kier alpha value is -3.84. The molecule has 0 spiro atoms. The smallest absolute Gasteiger partial charge is 0.338 e. The lowest BCUT2D eigenvalue weighted by Crippen LogP contribution is -2.36. The van der Waals surface area contributed by atoms with Gasteiger partial charge in [0.05, 0.1) is 36.8 Å². The molecular formula is C27H28N2O5. The minimum atomic E-state index is -0.428. The number of esters is 1. The Morgan fingerprint density at radius 2 is 1.74 bits per heavy atom. The van der Waals surface area contributed by atoms with Crippen molar-refractivity contribution in [2.75, 3.05) is 43.1 Å². The van der Waals surface area contributed by atoms with E-state index in [-0.39, 0.29) is 12.5 Å². The molecule has 176 valence electrons. The number of amides is 1. The number of hydrogen-bond donors (Lipinski definition) is 1. The third-order valence-corrected chi connectivity index (χ3v) is 5.45. The largest absolute Gasteiger partial charge is 0.489 e. The normalized spacial score (nSPS) is 13.3. The summed E-state index contributed by atoms with van der Waals surface area (Å²) in [5, 5.41) is 2.98. The molecule has 1 saturated heterocycles. The van der Waals surface area contributed by atoms with Gasteiger partial charge in [0.25, 0.3) is 5.91 Å². The van der Waals surface area contributed by atoms with Crippen LogP contribution in [-0.4, -0.2) is 44.8 Å². The van der Waals surface area contributed by atoms with E-state index in [1.807, 2.05) is 42.5 Å². The van der Waals surface area contributed by atoms with Gasteiger partial charge < -0.3 is 24.4 Å². The van der Waals surface area contributed by atoms with Gasteiger partial charge in [0.2, 0.25) is 0 Å². The second kappa shape index (κ2) is 11.3. The molecule has 0 atom stereocenters. The summed E-state index contributed by atoms with van der Waals surface area (Å²) in [5.74, 6) is -0.117. The van der Waals surface area contributed by atoms with Gasteiger partial charge >= 0.3 is 5.97 Å². The summed E-state index contributed by atoms with van der Waals surface area (Å²) in [6, 6.07) is 22.1. The second-order valence-electron chi connectivity index (χ2n) is 7.81. The number of nitrogens with zero attached hydrogens (tertiary/aromatic N) is 1. The van der Waals surface area contributed by atoms with Crippen molar-refractivity contribution < 1.29 is 23.8 Å². The predicted octanol–water partition coefficient (Wildman–Crippen LogP) is 4.53. The number of benzene rings is 3. The lowest BCUT2D eigenvalue weighted by molar-refractivity contribution is 0.0526. The molecule has 0 unspecified atom stereocenters. The molecule has 34 heavy (non-hydrogen) atoms. The van der Waals surface area contributed by atoms with Crippen LogP contribution in [-0.2, 0) is 16.1 Å². The van der Waals surface area contributed by atoms with Gasteiger partial charge in [0.15, 0.2) is 0 Å². The molecule has 0 saturated carbocycles. The number of hydrogen-bond acceptors (Lipinski definition) is 6. The number of ether oxygens (including phenoxy) is 3. The first-order valence-corrected chi connectivity index (χ1v) is 11.4. The molecule has 3 aromatic rings. The highest BCUT2D eigenvalue weighted by molar-refractivity contribution is 6.07. The zero-order valence-electron chi connectivity index (χ0n) is 19.2. The topological polar surface area (TPSA) is 77.1 Å². The van der Waals surface area contributed by atoms with Crippen LogP contribution in [0.25, 0.3) is 0 Å². The van der Waals surface area contributed by atoms with Crippen molar-refractivity contribution in [2.24, 2.45) is 0 Å². The highest BCUT2D eigenvalue weighted by atomic mass is 16.5. The Morgan fingerprint density at radius 3 is 2.50 bits per heavy atom. The van der Waals surface area contributed by atoms with Crippen molar-refractivity contribution in [2.45, 2.75) is 13.5 Å². The maximum Gasteiger partial charge on any atom is 0.338 e. The fourth-order valence-corrected chi connectivity index (χ4v) is 3.72. The Balaban J connectivity index is 1.53. The van der Waals surface area contributed by atoms with Crippen molar-refractivity contribution >= 4 is 23.3 Å². The van der Waals surface area contributed by atoms with E-state index in [0.717, 1.165) is 11.3 Å². The summed E-state index contributed by atoms with van der Waals surface area (Å²) in [7, 11) is 0. The van der Waals surface area contributed by atoms with Gasteiger partial charge in [-0.2, -0.15) is 0 Å². The number of nitrogens with one attached hydrogen (secondary N) is 1. The van der Waals surface area contributed by atoms with E-state index >= 15 is 0 Å². The standard InChI is InChI=1S/C27H28N2O5/c1-2-33-27(31)22-11-12-25(29-13-15-32-16-14-29)24(18-22)28-26(30)21-9-6-10-23(17-21)34-19-20-7-4-3-5-8-20/h3-12,17-18H,2,13-16,19H2,1H3,(H,28,30). The highest BCUT2D eigenvalue weighted by Gasteiger charge is 2.19. The summed E-state index contributed by atoms with van der Waals surface area (Å²) in [4.78, 5) is 27.6. The van der Waals surface area contributed by atoms with Gasteiger partial charge in [0, 0.05) is 18.7 Å². The number of anilines is 2. The highest BCUT2D eigenvalue weighted by Crippen LogP contribution is 2.29. The quantitative estimate of drug-likeness (QED) is 0.498. The van der Waals surface area contributed by atoms with Crippen LogP contribution in [0.1, 0.15) is 33.2 Å². The minimum absolute atomic E-state index is 0.279. The van der Waals surface area contributed by atoms with Gasteiger partial charge in [-0.3, -0.25) is 4.79 Å². The summed E-state index contributed by atoms with van der Waals surface area (Å²) in [5.41, 5.74) is 3.27. The molecular weight excluding hydrogens is 432 g/mol. The summed E-state index contributed by atoms with van der Waals surface area (Å²) >= 11 is 0. The fourth-order valence-electron chi connectivity index (χ4n) is 3.72. The Kier molecular flexibility index (Phi) is 7.78. The molecule has 1 amide bonds. The van der Waals surface area contributed by atoms with Crippen LogP contribution in [0.2, 0.25) is 0 Å². The van der Waals surface area contributed by atoms with Crippen molar-refractivity contribution in [3.63, 3.8) is 0 Å². The third-order valence-electron chi connectivity index (χ3n) is 5.45. The first-order chi connectivity index (χ1) is 16.6. The van der Waals surface area contributed by atoms with Crippen molar-refractivity contribution in [1.82, 2.24) is 0 Å². The second-order valence-corrected chi connectivity index (χ2v) is 7.81. The van der Waals surface area contributed by atoms with E-state index in [9.17, 15) is 9.59 Å². The van der Waals surface area contributed by atoms with Gasteiger partial charge in [-0.05, 0) is 48.9 Å². The first-order valence-electron chi connectivity index (χ1n) is 11.4. The molecule has 1 N–H and O–H groups in total. The van der Waals surface area contributed by atoms with Crippen LogP contribution in [0.15, 0.2) is 72.8 Å². The molecule has 0 aromatic heterocycles. The van der Waals surface area contributed by atoms with Crippen LogP contribution in [0.4, 0.5) is 11.4 Å². The minimum Gasteiger partial charge on any atom is -0.489 e. The van der Waals surface area contributed by atoms with Crippen molar-refractivity contribution in [3.8, 4) is 5.75 Å². The van der Waals surface area contributed by atoms with Gasteiger partial charge in [-0.25, -0.2) is 4.79 Å². The molecule has 1 fully saturated rings. The first kappa shape index (κ1) is 23.3. The molecule has 1 aliphatic heterocycles. The number of rotatable bonds is 8. The maximum atomic E-state index is 13.2. The van der Waals surface area contributed by atoms with Gasteiger partial charge in [0.1, 0.15) is 12.4 Å². The van der Waals surface area contributed by atoms with Crippen LogP contribution in [0, 0.1) is 0 Å². The molecule has 0 aliphatic carbocycles. The van der Waals surface area contributed by atoms with Crippen LogP contribution >= 0.6 is 0 Å². The Morgan fingerprint density at radius 1 is 0.941 bits per heavy atom. The van der Waals surface area contributed by atoms with Crippen LogP contribution in [0.5, 0.6) is 5.75 Å². The molecule has 0 bridgehead atoms. The summed E-state index contributed by atoms with van der Waals surface area (Å²) in [6.07, 6.45) is 0. The molecule has 1 aliphatic rings.